The highest BCUT2D eigenvalue weighted by Crippen LogP contribution is 2.28. The minimum absolute atomic E-state index is 0.0298. The predicted molar refractivity (Wildman–Crippen MR) is 76.7 cm³/mol. The van der Waals surface area contributed by atoms with E-state index in [0.29, 0.717) is 18.1 Å². The summed E-state index contributed by atoms with van der Waals surface area (Å²) in [6.45, 7) is 2.68. The highest BCUT2D eigenvalue weighted by Gasteiger charge is 2.35. The molecule has 2 N–H and O–H groups in total. The van der Waals surface area contributed by atoms with E-state index >= 15 is 0 Å². The Hall–Kier alpha value is -1.13. The predicted octanol–water partition coefficient (Wildman–Crippen LogP) is 1.57. The molecule has 108 valence electrons. The summed E-state index contributed by atoms with van der Waals surface area (Å²) in [5, 5.41) is 9.36. The molecule has 20 heavy (non-hydrogen) atoms. The fraction of sp³-hybridized carbons (Fsp3) is 0.462. The van der Waals surface area contributed by atoms with Crippen molar-refractivity contribution in [3.05, 3.63) is 28.8 Å². The van der Waals surface area contributed by atoms with Gasteiger partial charge in [0, 0.05) is 24.2 Å². The van der Waals surface area contributed by atoms with Crippen molar-refractivity contribution in [2.24, 2.45) is 11.7 Å². The Morgan fingerprint density at radius 3 is 2.80 bits per heavy atom. The lowest BCUT2D eigenvalue weighted by Gasteiger charge is -2.18. The van der Waals surface area contributed by atoms with E-state index in [4.69, 9.17) is 22.6 Å². The van der Waals surface area contributed by atoms with Crippen molar-refractivity contribution in [1.82, 2.24) is 4.31 Å². The van der Waals surface area contributed by atoms with Crippen LogP contribution in [0.25, 0.3) is 0 Å². The number of nitrogens with zero attached hydrogens (tertiary/aromatic N) is 2. The summed E-state index contributed by atoms with van der Waals surface area (Å²) >= 11 is 5.85. The maximum Gasteiger partial charge on any atom is 0.244 e. The molecule has 1 fully saturated rings. The number of nitrogens with two attached hydrogens (primary N) is 1. The average molecular weight is 314 g/mol. The molecule has 7 heteroatoms. The van der Waals surface area contributed by atoms with Gasteiger partial charge in [0.05, 0.1) is 5.56 Å². The normalized spacial score (nSPS) is 21.6. The van der Waals surface area contributed by atoms with Crippen molar-refractivity contribution in [2.75, 3.05) is 13.1 Å². The molecular weight excluding hydrogens is 298 g/mol. The van der Waals surface area contributed by atoms with Crippen LogP contribution in [-0.4, -0.2) is 31.9 Å². The Morgan fingerprint density at radius 1 is 1.55 bits per heavy atom. The summed E-state index contributed by atoms with van der Waals surface area (Å²) in [6, 6.07) is 6.11. The molecule has 0 aromatic heterocycles. The van der Waals surface area contributed by atoms with Crippen LogP contribution in [0, 0.1) is 17.2 Å². The van der Waals surface area contributed by atoms with Gasteiger partial charge in [-0.1, -0.05) is 11.6 Å². The second-order valence-corrected chi connectivity index (χ2v) is 7.37. The molecular formula is C13H16ClN3O2S. The van der Waals surface area contributed by atoms with Gasteiger partial charge in [-0.15, -0.1) is 0 Å². The standard InChI is InChI=1S/C13H16ClN3O2S/c1-9(16)11-4-5-17(8-11)20(18,19)13-6-12(14)3-2-10(13)7-15/h2-3,6,9,11H,4-5,8,16H2,1H3. The summed E-state index contributed by atoms with van der Waals surface area (Å²) in [7, 11) is -3.70. The molecule has 2 atom stereocenters. The molecule has 1 aliphatic heterocycles. The molecule has 1 heterocycles. The topological polar surface area (TPSA) is 87.2 Å². The Labute approximate surface area is 124 Å². The first kappa shape index (κ1) is 15.3. The van der Waals surface area contributed by atoms with Gasteiger partial charge in [0.1, 0.15) is 11.0 Å². The molecule has 0 spiro atoms. The largest absolute Gasteiger partial charge is 0.328 e. The van der Waals surface area contributed by atoms with Crippen molar-refractivity contribution < 1.29 is 8.42 Å². The molecule has 0 saturated carbocycles. The Kier molecular flexibility index (Phi) is 4.35. The number of nitriles is 1. The van der Waals surface area contributed by atoms with Crippen LogP contribution < -0.4 is 5.73 Å². The van der Waals surface area contributed by atoms with Crippen LogP contribution >= 0.6 is 11.6 Å². The molecule has 1 aromatic rings. The molecule has 0 amide bonds. The summed E-state index contributed by atoms with van der Waals surface area (Å²) in [6.07, 6.45) is 0.735. The van der Waals surface area contributed by atoms with Crippen molar-refractivity contribution in [1.29, 1.82) is 5.26 Å². The van der Waals surface area contributed by atoms with Gasteiger partial charge in [-0.2, -0.15) is 9.57 Å². The Balaban J connectivity index is 2.37. The van der Waals surface area contributed by atoms with Gasteiger partial charge in [0.2, 0.25) is 10.0 Å². The highest BCUT2D eigenvalue weighted by atomic mass is 35.5. The van der Waals surface area contributed by atoms with Crippen molar-refractivity contribution in [2.45, 2.75) is 24.3 Å². The number of hydrogen-bond donors (Lipinski definition) is 1. The first-order valence-electron chi connectivity index (χ1n) is 6.31. The number of rotatable bonds is 3. The van der Waals surface area contributed by atoms with Crippen LogP contribution in [0.1, 0.15) is 18.9 Å². The number of hydrogen-bond acceptors (Lipinski definition) is 4. The molecule has 1 aromatic carbocycles. The second kappa shape index (κ2) is 5.70. The van der Waals surface area contributed by atoms with Gasteiger partial charge in [0.25, 0.3) is 0 Å². The molecule has 5 nitrogen and oxygen atoms in total. The second-order valence-electron chi connectivity index (χ2n) is 5.02. The van der Waals surface area contributed by atoms with Gasteiger partial charge < -0.3 is 5.73 Å². The number of sulfonamides is 1. The molecule has 1 saturated heterocycles. The van der Waals surface area contributed by atoms with Gasteiger partial charge in [-0.25, -0.2) is 8.42 Å². The van der Waals surface area contributed by atoms with Crippen molar-refractivity contribution in [3.63, 3.8) is 0 Å². The third-order valence-corrected chi connectivity index (χ3v) is 5.75. The van der Waals surface area contributed by atoms with Crippen LogP contribution in [0.2, 0.25) is 5.02 Å². The van der Waals surface area contributed by atoms with Gasteiger partial charge in [-0.05, 0) is 37.5 Å². The zero-order valence-electron chi connectivity index (χ0n) is 11.1. The fourth-order valence-corrected chi connectivity index (χ4v) is 4.26. The summed E-state index contributed by atoms with van der Waals surface area (Å²) < 4.78 is 26.6. The lowest BCUT2D eigenvalue weighted by Crippen LogP contribution is -2.33. The molecule has 1 aliphatic rings. The monoisotopic (exact) mass is 313 g/mol. The van der Waals surface area contributed by atoms with E-state index in [1.807, 2.05) is 13.0 Å². The third-order valence-electron chi connectivity index (χ3n) is 3.61. The van der Waals surface area contributed by atoms with E-state index < -0.39 is 10.0 Å². The first-order valence-corrected chi connectivity index (χ1v) is 8.13. The van der Waals surface area contributed by atoms with Crippen LogP contribution in [0.4, 0.5) is 0 Å². The maximum absolute atomic E-state index is 12.6. The minimum Gasteiger partial charge on any atom is -0.328 e. The van der Waals surface area contributed by atoms with E-state index in [1.165, 1.54) is 22.5 Å². The minimum atomic E-state index is -3.70. The van der Waals surface area contributed by atoms with Crippen LogP contribution in [0.5, 0.6) is 0 Å². The SMILES string of the molecule is CC(N)C1CCN(S(=O)(=O)c2cc(Cl)ccc2C#N)C1. The maximum atomic E-state index is 12.6. The van der Waals surface area contributed by atoms with E-state index in [-0.39, 0.29) is 22.4 Å². The number of benzene rings is 1. The van der Waals surface area contributed by atoms with Crippen molar-refractivity contribution >= 4 is 21.6 Å². The summed E-state index contributed by atoms with van der Waals surface area (Å²) in [4.78, 5) is -0.0298. The van der Waals surface area contributed by atoms with E-state index in [1.54, 1.807) is 0 Å². The van der Waals surface area contributed by atoms with Crippen LogP contribution in [-0.2, 0) is 10.0 Å². The smallest absolute Gasteiger partial charge is 0.244 e. The molecule has 0 aliphatic carbocycles. The molecule has 0 radical (unpaired) electrons. The lowest BCUT2D eigenvalue weighted by molar-refractivity contribution is 0.429. The Bertz CT molecular complexity index is 652. The van der Waals surface area contributed by atoms with E-state index in [2.05, 4.69) is 0 Å². The van der Waals surface area contributed by atoms with E-state index in [0.717, 1.165) is 6.42 Å². The van der Waals surface area contributed by atoms with Gasteiger partial charge in [-0.3, -0.25) is 0 Å². The highest BCUT2D eigenvalue weighted by molar-refractivity contribution is 7.89. The van der Waals surface area contributed by atoms with Crippen LogP contribution in [0.3, 0.4) is 0 Å². The third kappa shape index (κ3) is 2.81. The number of halogens is 1. The van der Waals surface area contributed by atoms with Gasteiger partial charge >= 0.3 is 0 Å². The summed E-state index contributed by atoms with van der Waals surface area (Å²) in [5.74, 6) is 0.148. The zero-order valence-corrected chi connectivity index (χ0v) is 12.7. The first-order chi connectivity index (χ1) is 9.36. The van der Waals surface area contributed by atoms with Crippen LogP contribution in [0.15, 0.2) is 23.1 Å². The zero-order chi connectivity index (χ0) is 14.9. The molecule has 0 bridgehead atoms. The quantitative estimate of drug-likeness (QED) is 0.917. The van der Waals surface area contributed by atoms with E-state index in [9.17, 15) is 8.42 Å². The average Bonchev–Trinajstić information content (AvgIpc) is 2.89. The van der Waals surface area contributed by atoms with Crippen molar-refractivity contribution in [3.8, 4) is 6.07 Å². The fourth-order valence-electron chi connectivity index (χ4n) is 2.34. The lowest BCUT2D eigenvalue weighted by atomic mass is 10.0. The molecule has 2 rings (SSSR count). The molecule has 2 unspecified atom stereocenters. The Morgan fingerprint density at radius 2 is 2.25 bits per heavy atom. The van der Waals surface area contributed by atoms with Gasteiger partial charge in [0.15, 0.2) is 0 Å². The summed E-state index contributed by atoms with van der Waals surface area (Å²) in [5.41, 5.74) is 5.94.